The van der Waals surface area contributed by atoms with Gasteiger partial charge in [0, 0.05) is 23.2 Å². The average molecular weight is 331 g/mol. The summed E-state index contributed by atoms with van der Waals surface area (Å²) >= 11 is 0. The average Bonchev–Trinajstić information content (AvgIpc) is 2.60. The number of carbonyl (C=O) groups is 1. The second kappa shape index (κ2) is 5.83. The fourth-order valence-corrected chi connectivity index (χ4v) is 2.66. The first kappa shape index (κ1) is 15.0. The SMILES string of the molecule is Cc1cc(=O)oc2cc(NC(=O)c3cnc4ccccc4n3)ccc12. The number of fused-ring (bicyclic) bond motifs is 2. The quantitative estimate of drug-likeness (QED) is 0.570. The van der Waals surface area contributed by atoms with Crippen LogP contribution in [0.15, 0.2) is 63.9 Å². The summed E-state index contributed by atoms with van der Waals surface area (Å²) in [6, 6.07) is 13.9. The molecule has 4 aromatic rings. The van der Waals surface area contributed by atoms with E-state index >= 15 is 0 Å². The third-order valence-electron chi connectivity index (χ3n) is 3.89. The van der Waals surface area contributed by atoms with Gasteiger partial charge in [0.1, 0.15) is 11.3 Å². The lowest BCUT2D eigenvalue weighted by Gasteiger charge is -2.07. The third-order valence-corrected chi connectivity index (χ3v) is 3.89. The number of carbonyl (C=O) groups excluding carboxylic acids is 1. The normalized spacial score (nSPS) is 10.9. The van der Waals surface area contributed by atoms with Gasteiger partial charge in [0.05, 0.1) is 17.2 Å². The number of nitrogens with zero attached hydrogens (tertiary/aromatic N) is 2. The van der Waals surface area contributed by atoms with Crippen molar-refractivity contribution in [1.29, 1.82) is 0 Å². The highest BCUT2D eigenvalue weighted by atomic mass is 16.4. The molecule has 4 rings (SSSR count). The molecule has 0 saturated carbocycles. The van der Waals surface area contributed by atoms with Crippen LogP contribution in [0.25, 0.3) is 22.0 Å². The van der Waals surface area contributed by atoms with Gasteiger partial charge >= 0.3 is 5.63 Å². The van der Waals surface area contributed by atoms with Crippen LogP contribution in [0.2, 0.25) is 0 Å². The second-order valence-corrected chi connectivity index (χ2v) is 5.66. The molecular formula is C19H13N3O3. The fourth-order valence-electron chi connectivity index (χ4n) is 2.66. The summed E-state index contributed by atoms with van der Waals surface area (Å²) in [5.41, 5.74) is 2.92. The summed E-state index contributed by atoms with van der Waals surface area (Å²) in [5, 5.41) is 3.57. The van der Waals surface area contributed by atoms with Crippen molar-refractivity contribution >= 4 is 33.6 Å². The Hall–Kier alpha value is -3.54. The molecule has 1 N–H and O–H groups in total. The summed E-state index contributed by atoms with van der Waals surface area (Å²) in [7, 11) is 0. The molecule has 0 atom stereocenters. The molecule has 0 fully saturated rings. The Balaban J connectivity index is 1.67. The van der Waals surface area contributed by atoms with E-state index in [0.29, 0.717) is 16.8 Å². The number of rotatable bonds is 2. The van der Waals surface area contributed by atoms with Crippen LogP contribution in [0.3, 0.4) is 0 Å². The molecular weight excluding hydrogens is 318 g/mol. The second-order valence-electron chi connectivity index (χ2n) is 5.66. The maximum absolute atomic E-state index is 12.4. The Morgan fingerprint density at radius 1 is 1.08 bits per heavy atom. The lowest BCUT2D eigenvalue weighted by molar-refractivity contribution is 0.102. The van der Waals surface area contributed by atoms with Crippen LogP contribution in [0, 0.1) is 6.92 Å². The lowest BCUT2D eigenvalue weighted by atomic mass is 10.1. The number of aryl methyl sites for hydroxylation is 1. The van der Waals surface area contributed by atoms with Crippen LogP contribution in [-0.2, 0) is 0 Å². The van der Waals surface area contributed by atoms with E-state index in [1.165, 1.54) is 12.3 Å². The molecule has 0 aliphatic rings. The van der Waals surface area contributed by atoms with Crippen molar-refractivity contribution in [1.82, 2.24) is 9.97 Å². The Morgan fingerprint density at radius 2 is 1.88 bits per heavy atom. The molecule has 0 saturated heterocycles. The summed E-state index contributed by atoms with van der Waals surface area (Å²) in [4.78, 5) is 32.5. The smallest absolute Gasteiger partial charge is 0.336 e. The molecule has 2 heterocycles. The standard InChI is InChI=1S/C19H13N3O3/c1-11-8-18(23)25-17-9-12(6-7-13(11)17)21-19(24)16-10-20-14-4-2-3-5-15(14)22-16/h2-10H,1H3,(H,21,24). The monoisotopic (exact) mass is 331 g/mol. The minimum Gasteiger partial charge on any atom is -0.423 e. The predicted octanol–water partition coefficient (Wildman–Crippen LogP) is 3.30. The zero-order valence-corrected chi connectivity index (χ0v) is 13.3. The highest BCUT2D eigenvalue weighted by Gasteiger charge is 2.11. The van der Waals surface area contributed by atoms with Gasteiger partial charge in [-0.1, -0.05) is 12.1 Å². The third kappa shape index (κ3) is 2.85. The maximum Gasteiger partial charge on any atom is 0.336 e. The van der Waals surface area contributed by atoms with Gasteiger partial charge in [-0.3, -0.25) is 9.78 Å². The van der Waals surface area contributed by atoms with E-state index in [4.69, 9.17) is 4.42 Å². The zero-order valence-electron chi connectivity index (χ0n) is 13.3. The summed E-state index contributed by atoms with van der Waals surface area (Å²) in [5.74, 6) is -0.382. The van der Waals surface area contributed by atoms with E-state index in [9.17, 15) is 9.59 Å². The van der Waals surface area contributed by atoms with Crippen LogP contribution in [0.1, 0.15) is 16.1 Å². The van der Waals surface area contributed by atoms with Crippen LogP contribution < -0.4 is 10.9 Å². The Morgan fingerprint density at radius 3 is 2.72 bits per heavy atom. The van der Waals surface area contributed by atoms with Crippen LogP contribution in [0.4, 0.5) is 5.69 Å². The number of benzene rings is 2. The van der Waals surface area contributed by atoms with Crippen molar-refractivity contribution in [2.45, 2.75) is 6.92 Å². The van der Waals surface area contributed by atoms with Crippen molar-refractivity contribution in [2.24, 2.45) is 0 Å². The molecule has 0 aliphatic heterocycles. The maximum atomic E-state index is 12.4. The molecule has 0 bridgehead atoms. The summed E-state index contributed by atoms with van der Waals surface area (Å²) in [6.07, 6.45) is 1.43. The van der Waals surface area contributed by atoms with Gasteiger partial charge in [-0.05, 0) is 36.8 Å². The summed E-state index contributed by atoms with van der Waals surface area (Å²) in [6.45, 7) is 1.84. The zero-order chi connectivity index (χ0) is 17.4. The Bertz CT molecular complexity index is 1180. The van der Waals surface area contributed by atoms with E-state index < -0.39 is 5.63 Å². The predicted molar refractivity (Wildman–Crippen MR) is 94.7 cm³/mol. The van der Waals surface area contributed by atoms with Gasteiger partial charge in [-0.2, -0.15) is 0 Å². The van der Waals surface area contributed by atoms with Gasteiger partial charge in [-0.25, -0.2) is 9.78 Å². The molecule has 6 heteroatoms. The molecule has 1 amide bonds. The highest BCUT2D eigenvalue weighted by molar-refractivity contribution is 6.04. The van der Waals surface area contributed by atoms with Gasteiger partial charge < -0.3 is 9.73 Å². The van der Waals surface area contributed by atoms with E-state index in [1.807, 2.05) is 25.1 Å². The first-order valence-corrected chi connectivity index (χ1v) is 7.68. The number of amides is 1. The first-order valence-electron chi connectivity index (χ1n) is 7.68. The molecule has 0 radical (unpaired) electrons. The number of nitrogens with one attached hydrogen (secondary N) is 1. The van der Waals surface area contributed by atoms with Crippen LogP contribution in [0.5, 0.6) is 0 Å². The molecule has 0 spiro atoms. The molecule has 2 aromatic heterocycles. The minimum atomic E-state index is -0.422. The summed E-state index contributed by atoms with van der Waals surface area (Å²) < 4.78 is 5.19. The molecule has 2 aromatic carbocycles. The largest absolute Gasteiger partial charge is 0.423 e. The Kier molecular flexibility index (Phi) is 3.50. The minimum absolute atomic E-state index is 0.212. The van der Waals surface area contributed by atoms with Gasteiger partial charge in [0.2, 0.25) is 0 Å². The van der Waals surface area contributed by atoms with Crippen molar-refractivity contribution in [2.75, 3.05) is 5.32 Å². The molecule has 25 heavy (non-hydrogen) atoms. The molecule has 0 aliphatic carbocycles. The highest BCUT2D eigenvalue weighted by Crippen LogP contribution is 2.21. The van der Waals surface area contributed by atoms with Crippen molar-refractivity contribution in [3.8, 4) is 0 Å². The van der Waals surface area contributed by atoms with Crippen LogP contribution >= 0.6 is 0 Å². The van der Waals surface area contributed by atoms with Crippen molar-refractivity contribution in [3.63, 3.8) is 0 Å². The van der Waals surface area contributed by atoms with E-state index in [0.717, 1.165) is 16.5 Å². The van der Waals surface area contributed by atoms with Gasteiger partial charge in [0.25, 0.3) is 5.91 Å². The number of hydrogen-bond donors (Lipinski definition) is 1. The lowest BCUT2D eigenvalue weighted by Crippen LogP contribution is -2.14. The number of aromatic nitrogens is 2. The van der Waals surface area contributed by atoms with Crippen molar-refractivity contribution in [3.05, 3.63) is 76.4 Å². The first-order chi connectivity index (χ1) is 12.1. The number of anilines is 1. The number of hydrogen-bond acceptors (Lipinski definition) is 5. The van der Waals surface area contributed by atoms with Crippen molar-refractivity contribution < 1.29 is 9.21 Å². The van der Waals surface area contributed by atoms with Crippen LogP contribution in [-0.4, -0.2) is 15.9 Å². The molecule has 122 valence electrons. The fraction of sp³-hybridized carbons (Fsp3) is 0.0526. The molecule has 0 unspecified atom stereocenters. The van der Waals surface area contributed by atoms with E-state index in [2.05, 4.69) is 15.3 Å². The topological polar surface area (TPSA) is 85.1 Å². The molecule has 6 nitrogen and oxygen atoms in total. The van der Waals surface area contributed by atoms with E-state index in [-0.39, 0.29) is 11.6 Å². The number of para-hydroxylation sites is 2. The Labute approximate surface area is 142 Å². The van der Waals surface area contributed by atoms with Gasteiger partial charge in [-0.15, -0.1) is 0 Å². The van der Waals surface area contributed by atoms with E-state index in [1.54, 1.807) is 24.3 Å². The van der Waals surface area contributed by atoms with Gasteiger partial charge in [0.15, 0.2) is 0 Å².